The zero-order valence-electron chi connectivity index (χ0n) is 11.5. The van der Waals surface area contributed by atoms with E-state index >= 15 is 0 Å². The molecule has 0 N–H and O–H groups in total. The Balaban J connectivity index is 1.89. The number of hydrogen-bond donors (Lipinski definition) is 0. The van der Waals surface area contributed by atoms with Crippen LogP contribution in [0.15, 0.2) is 24.3 Å². The molecule has 0 radical (unpaired) electrons. The monoisotopic (exact) mass is 348 g/mol. The Bertz CT molecular complexity index is 733. The molecule has 0 aliphatic heterocycles. The maximum absolute atomic E-state index is 13.3. The molecule has 22 heavy (non-hydrogen) atoms. The summed E-state index contributed by atoms with van der Waals surface area (Å²) in [4.78, 5) is 16.0. The van der Waals surface area contributed by atoms with E-state index in [9.17, 15) is 13.6 Å². The van der Waals surface area contributed by atoms with Crippen molar-refractivity contribution < 1.29 is 18.3 Å². The van der Waals surface area contributed by atoms with Crippen LogP contribution in [0.2, 0.25) is 0 Å². The molecule has 1 aromatic carbocycles. The van der Waals surface area contributed by atoms with E-state index in [-0.39, 0.29) is 11.3 Å². The lowest BCUT2D eigenvalue weighted by Crippen LogP contribution is -2.17. The predicted octanol–water partition coefficient (Wildman–Crippen LogP) is 4.23. The normalized spacial score (nSPS) is 21.1. The summed E-state index contributed by atoms with van der Waals surface area (Å²) in [5, 5.41) is 0. The van der Waals surface area contributed by atoms with E-state index in [2.05, 4.69) is 4.98 Å². The summed E-state index contributed by atoms with van der Waals surface area (Å²) in [6.07, 6.45) is -0.633. The third kappa shape index (κ3) is 2.65. The van der Waals surface area contributed by atoms with Crippen molar-refractivity contribution in [1.29, 1.82) is 0 Å². The van der Waals surface area contributed by atoms with Crippen LogP contribution in [0.25, 0.3) is 11.0 Å². The van der Waals surface area contributed by atoms with E-state index in [1.807, 2.05) is 0 Å². The number of nitrogens with zero attached hydrogens (tertiary/aromatic N) is 2. The first kappa shape index (κ1) is 15.5. The molecule has 0 amide bonds. The molecule has 3 rings (SSSR count). The van der Waals surface area contributed by atoms with Gasteiger partial charge in [-0.05, 0) is 25.5 Å². The van der Waals surface area contributed by atoms with Crippen molar-refractivity contribution in [1.82, 2.24) is 9.55 Å². The highest BCUT2D eigenvalue weighted by Gasteiger charge is 2.57. The molecular formula is C14H12Cl2F2N2O2. The smallest absolute Gasteiger partial charge is 0.320 e. The first-order valence-electron chi connectivity index (χ1n) is 6.64. The van der Waals surface area contributed by atoms with Crippen molar-refractivity contribution in [3.8, 4) is 0 Å². The Hall–Kier alpha value is -1.40. The number of para-hydroxylation sites is 2. The summed E-state index contributed by atoms with van der Waals surface area (Å²) in [5.41, 5.74) is 0.696. The molecule has 0 unspecified atom stereocenters. The van der Waals surface area contributed by atoms with E-state index in [0.29, 0.717) is 11.9 Å². The van der Waals surface area contributed by atoms with Crippen molar-refractivity contribution in [3.05, 3.63) is 30.1 Å². The second kappa shape index (κ2) is 5.35. The molecule has 1 saturated carbocycles. The Morgan fingerprint density at radius 1 is 1.45 bits per heavy atom. The Morgan fingerprint density at radius 2 is 2.09 bits per heavy atom. The van der Waals surface area contributed by atoms with Crippen LogP contribution in [-0.4, -0.2) is 19.9 Å². The maximum atomic E-state index is 13.3. The Kier molecular flexibility index (Phi) is 3.77. The lowest BCUT2D eigenvalue weighted by molar-refractivity contribution is -0.151. The average Bonchev–Trinajstić information content (AvgIpc) is 2.93. The topological polar surface area (TPSA) is 44.1 Å². The maximum Gasteiger partial charge on any atom is 0.320 e. The number of esters is 1. The van der Waals surface area contributed by atoms with Crippen LogP contribution in [-0.2, 0) is 9.53 Å². The van der Waals surface area contributed by atoms with Gasteiger partial charge in [-0.25, -0.2) is 4.98 Å². The summed E-state index contributed by atoms with van der Waals surface area (Å²) in [5.74, 6) is -1.24. The van der Waals surface area contributed by atoms with Gasteiger partial charge in [0, 0.05) is 0 Å². The van der Waals surface area contributed by atoms with Crippen LogP contribution in [0, 0.1) is 5.92 Å². The predicted molar refractivity (Wildman–Crippen MR) is 78.0 cm³/mol. The second-order valence-corrected chi connectivity index (χ2v) is 6.75. The first-order valence-corrected chi connectivity index (χ1v) is 7.40. The van der Waals surface area contributed by atoms with Gasteiger partial charge in [0.2, 0.25) is 0 Å². The molecule has 1 fully saturated rings. The van der Waals surface area contributed by atoms with Gasteiger partial charge >= 0.3 is 12.5 Å². The molecule has 0 bridgehead atoms. The van der Waals surface area contributed by atoms with Crippen LogP contribution >= 0.6 is 23.2 Å². The van der Waals surface area contributed by atoms with E-state index in [1.165, 1.54) is 13.0 Å². The highest BCUT2D eigenvalue weighted by Crippen LogP contribution is 2.54. The summed E-state index contributed by atoms with van der Waals surface area (Å²) >= 11 is 11.6. The molecule has 0 saturated heterocycles. The Labute approximate surface area is 135 Å². The van der Waals surface area contributed by atoms with Gasteiger partial charge in [-0.1, -0.05) is 12.1 Å². The third-order valence-electron chi connectivity index (χ3n) is 3.59. The number of ether oxygens (including phenoxy) is 1. The van der Waals surface area contributed by atoms with Crippen molar-refractivity contribution in [3.63, 3.8) is 0 Å². The van der Waals surface area contributed by atoms with Crippen LogP contribution in [0.5, 0.6) is 0 Å². The fraction of sp³-hybridized carbons (Fsp3) is 0.429. The number of carbonyl (C=O) groups excluding carboxylic acids is 1. The first-order chi connectivity index (χ1) is 10.3. The SMILES string of the molecule is C[C@@H](OC(=O)[C@@H]1CC1(Cl)Cl)c1nc2ccccc2n1C(F)F. The number of rotatable bonds is 4. The molecule has 2 aromatic rings. The standard InChI is InChI=1S/C14H12Cl2F2N2O2/c1-7(22-12(21)8-6-14(8,15)16)11-19-9-4-2-3-5-10(9)20(11)13(17)18/h2-5,7-8,13H,6H2,1H3/t7-,8+/m1/s1. The minimum atomic E-state index is -2.79. The third-order valence-corrected chi connectivity index (χ3v) is 4.42. The number of benzene rings is 1. The molecule has 1 aliphatic carbocycles. The molecule has 2 atom stereocenters. The van der Waals surface area contributed by atoms with E-state index in [0.717, 1.165) is 4.57 Å². The van der Waals surface area contributed by atoms with Crippen LogP contribution in [0.1, 0.15) is 31.8 Å². The van der Waals surface area contributed by atoms with Gasteiger partial charge in [0.15, 0.2) is 11.9 Å². The van der Waals surface area contributed by atoms with Crippen LogP contribution in [0.3, 0.4) is 0 Å². The molecule has 1 aromatic heterocycles. The zero-order chi connectivity index (χ0) is 16.1. The van der Waals surface area contributed by atoms with Gasteiger partial charge in [-0.2, -0.15) is 8.78 Å². The largest absolute Gasteiger partial charge is 0.454 e. The fourth-order valence-corrected chi connectivity index (χ4v) is 2.82. The van der Waals surface area contributed by atoms with E-state index in [1.54, 1.807) is 18.2 Å². The molecule has 118 valence electrons. The van der Waals surface area contributed by atoms with Gasteiger partial charge in [-0.15, -0.1) is 23.2 Å². The van der Waals surface area contributed by atoms with Crippen molar-refractivity contribution in [2.75, 3.05) is 0 Å². The van der Waals surface area contributed by atoms with E-state index < -0.39 is 28.9 Å². The minimum Gasteiger partial charge on any atom is -0.454 e. The number of imidazole rings is 1. The molecular weight excluding hydrogens is 337 g/mol. The summed E-state index contributed by atoms with van der Waals surface area (Å²) in [6, 6.07) is 6.50. The molecule has 4 nitrogen and oxygen atoms in total. The van der Waals surface area contributed by atoms with Crippen LogP contribution < -0.4 is 0 Å². The Morgan fingerprint density at radius 3 is 2.68 bits per heavy atom. The number of fused-ring (bicyclic) bond motifs is 1. The lowest BCUT2D eigenvalue weighted by atomic mass is 10.3. The number of halogens is 4. The van der Waals surface area contributed by atoms with E-state index in [4.69, 9.17) is 27.9 Å². The average molecular weight is 349 g/mol. The van der Waals surface area contributed by atoms with Crippen molar-refractivity contribution >= 4 is 40.2 Å². The van der Waals surface area contributed by atoms with Crippen molar-refractivity contribution in [2.45, 2.75) is 30.3 Å². The number of aromatic nitrogens is 2. The summed E-state index contributed by atoms with van der Waals surface area (Å²) < 4.78 is 31.5. The van der Waals surface area contributed by atoms with Gasteiger partial charge in [0.1, 0.15) is 4.33 Å². The number of hydrogen-bond acceptors (Lipinski definition) is 3. The molecule has 1 aliphatic rings. The highest BCUT2D eigenvalue weighted by molar-refractivity contribution is 6.52. The molecule has 8 heteroatoms. The summed E-state index contributed by atoms with van der Waals surface area (Å²) in [6.45, 7) is -1.30. The molecule has 1 heterocycles. The minimum absolute atomic E-state index is 0.0139. The number of alkyl halides is 4. The highest BCUT2D eigenvalue weighted by atomic mass is 35.5. The van der Waals surface area contributed by atoms with Crippen molar-refractivity contribution in [2.24, 2.45) is 5.92 Å². The molecule has 0 spiro atoms. The van der Waals surface area contributed by atoms with Gasteiger partial charge in [-0.3, -0.25) is 9.36 Å². The van der Waals surface area contributed by atoms with Gasteiger partial charge < -0.3 is 4.74 Å². The fourth-order valence-electron chi connectivity index (χ4n) is 2.33. The quantitative estimate of drug-likeness (QED) is 0.613. The van der Waals surface area contributed by atoms with Gasteiger partial charge in [0.25, 0.3) is 0 Å². The van der Waals surface area contributed by atoms with Gasteiger partial charge in [0.05, 0.1) is 17.0 Å². The summed E-state index contributed by atoms with van der Waals surface area (Å²) in [7, 11) is 0. The lowest BCUT2D eigenvalue weighted by Gasteiger charge is -2.15. The number of carbonyl (C=O) groups is 1. The zero-order valence-corrected chi connectivity index (χ0v) is 13.0. The van der Waals surface area contributed by atoms with Crippen LogP contribution in [0.4, 0.5) is 8.78 Å². The second-order valence-electron chi connectivity index (χ2n) is 5.20.